The van der Waals surface area contributed by atoms with Gasteiger partial charge in [0.15, 0.2) is 0 Å². The molecule has 0 spiro atoms. The molecule has 0 unspecified atom stereocenters. The third-order valence-corrected chi connectivity index (χ3v) is 4.77. The van der Waals surface area contributed by atoms with E-state index in [0.29, 0.717) is 5.92 Å². The zero-order chi connectivity index (χ0) is 8.91. The SMILES string of the molecule is CO[Si](CC(C)C)(OC)OC.[O-2].[O-2].[Ti+4]. The van der Waals surface area contributed by atoms with E-state index in [2.05, 4.69) is 13.8 Å². The maximum Gasteiger partial charge on any atom is 4.00 e. The Morgan fingerprint density at radius 3 is 1.29 bits per heavy atom. The van der Waals surface area contributed by atoms with Crippen LogP contribution in [0.5, 0.6) is 0 Å². The van der Waals surface area contributed by atoms with E-state index in [9.17, 15) is 0 Å². The fourth-order valence-electron chi connectivity index (χ4n) is 1.00. The summed E-state index contributed by atoms with van der Waals surface area (Å²) in [5, 5.41) is 0. The average Bonchev–Trinajstić information content (AvgIpc) is 2.00. The molecule has 0 aliphatic carbocycles. The zero-order valence-electron chi connectivity index (χ0n) is 9.33. The molecule has 0 rings (SSSR count). The second kappa shape index (κ2) is 11.8. The zero-order valence-corrected chi connectivity index (χ0v) is 11.9. The second-order valence-electron chi connectivity index (χ2n) is 2.89. The summed E-state index contributed by atoms with van der Waals surface area (Å²) in [5.41, 5.74) is 0. The predicted octanol–water partition coefficient (Wildman–Crippen LogP) is 1.28. The van der Waals surface area contributed by atoms with Crippen molar-refractivity contribution in [3.8, 4) is 0 Å². The van der Waals surface area contributed by atoms with Crippen LogP contribution in [0.3, 0.4) is 0 Å². The van der Waals surface area contributed by atoms with Gasteiger partial charge in [-0.2, -0.15) is 0 Å². The van der Waals surface area contributed by atoms with Gasteiger partial charge in [-0.3, -0.25) is 0 Å². The Bertz CT molecular complexity index is 102. The van der Waals surface area contributed by atoms with Crippen LogP contribution in [-0.2, 0) is 45.9 Å². The summed E-state index contributed by atoms with van der Waals surface area (Å²) in [4.78, 5) is 0. The largest absolute Gasteiger partial charge is 4.00 e. The smallest absolute Gasteiger partial charge is 2.00 e. The maximum absolute atomic E-state index is 5.24. The average molecular weight is 258 g/mol. The first-order valence-corrected chi connectivity index (χ1v) is 5.69. The van der Waals surface area contributed by atoms with Gasteiger partial charge < -0.3 is 24.2 Å². The van der Waals surface area contributed by atoms with Gasteiger partial charge >= 0.3 is 30.5 Å². The van der Waals surface area contributed by atoms with Gasteiger partial charge in [-0.05, 0) is 5.92 Å². The van der Waals surface area contributed by atoms with Crippen molar-refractivity contribution in [3.05, 3.63) is 0 Å². The topological polar surface area (TPSA) is 84.7 Å². The molecule has 5 nitrogen and oxygen atoms in total. The van der Waals surface area contributed by atoms with E-state index in [1.54, 1.807) is 21.3 Å². The number of hydrogen-bond donors (Lipinski definition) is 0. The minimum absolute atomic E-state index is 0. The fraction of sp³-hybridized carbons (Fsp3) is 1.00. The summed E-state index contributed by atoms with van der Waals surface area (Å²) in [6.45, 7) is 4.25. The van der Waals surface area contributed by atoms with Crippen LogP contribution in [0.2, 0.25) is 6.04 Å². The minimum Gasteiger partial charge on any atom is -2.00 e. The van der Waals surface area contributed by atoms with Gasteiger partial charge in [-0.15, -0.1) is 0 Å². The molecule has 0 saturated carbocycles. The molecule has 0 aromatic rings. The Morgan fingerprint density at radius 1 is 0.929 bits per heavy atom. The van der Waals surface area contributed by atoms with Crippen LogP contribution in [0, 0.1) is 5.92 Å². The normalized spacial score (nSPS) is 9.86. The van der Waals surface area contributed by atoms with Crippen molar-refractivity contribution in [2.75, 3.05) is 21.3 Å². The van der Waals surface area contributed by atoms with Gasteiger partial charge in [0.1, 0.15) is 0 Å². The Hall–Kier alpha value is 0.731. The van der Waals surface area contributed by atoms with E-state index in [-0.39, 0.29) is 32.7 Å². The van der Waals surface area contributed by atoms with Crippen molar-refractivity contribution in [1.29, 1.82) is 0 Å². The van der Waals surface area contributed by atoms with Crippen LogP contribution >= 0.6 is 0 Å². The fourth-order valence-corrected chi connectivity index (χ4v) is 3.00. The molecule has 0 aliphatic rings. The standard InChI is InChI=1S/C7H18O3Si.2O.Ti/c1-7(2)6-11(8-3,9-4)10-5;;;/h7H,6H2,1-5H3;;;/q;2*-2;+4. The molecule has 0 bridgehead atoms. The van der Waals surface area contributed by atoms with Crippen LogP contribution < -0.4 is 0 Å². The van der Waals surface area contributed by atoms with Crippen LogP contribution in [0.1, 0.15) is 13.8 Å². The molecule has 0 atom stereocenters. The Labute approximate surface area is 102 Å². The van der Waals surface area contributed by atoms with E-state index in [1.165, 1.54) is 0 Å². The molecule has 0 fully saturated rings. The van der Waals surface area contributed by atoms with Gasteiger partial charge in [0, 0.05) is 27.4 Å². The molecular weight excluding hydrogens is 240 g/mol. The molecule has 0 radical (unpaired) electrons. The molecule has 84 valence electrons. The summed E-state index contributed by atoms with van der Waals surface area (Å²) in [6.07, 6.45) is 0. The van der Waals surface area contributed by atoms with Crippen LogP contribution in [-0.4, -0.2) is 30.1 Å². The third-order valence-electron chi connectivity index (χ3n) is 1.59. The second-order valence-corrected chi connectivity index (χ2v) is 5.89. The van der Waals surface area contributed by atoms with Crippen molar-refractivity contribution >= 4 is 8.80 Å². The van der Waals surface area contributed by atoms with Gasteiger partial charge in [-0.25, -0.2) is 0 Å². The first kappa shape index (κ1) is 24.1. The molecule has 0 N–H and O–H groups in total. The first-order valence-electron chi connectivity index (χ1n) is 3.75. The third kappa shape index (κ3) is 8.07. The van der Waals surface area contributed by atoms with Crippen molar-refractivity contribution in [2.45, 2.75) is 19.9 Å². The molecule has 0 saturated heterocycles. The molecule has 7 heteroatoms. The van der Waals surface area contributed by atoms with Gasteiger partial charge in [0.2, 0.25) is 0 Å². The molecule has 0 aliphatic heterocycles. The Morgan fingerprint density at radius 2 is 1.21 bits per heavy atom. The van der Waals surface area contributed by atoms with Crippen molar-refractivity contribution < 1.29 is 45.9 Å². The Balaban J connectivity index is -0.000000167. The summed E-state index contributed by atoms with van der Waals surface area (Å²) in [7, 11) is 2.64. The maximum atomic E-state index is 5.24. The summed E-state index contributed by atoms with van der Waals surface area (Å²) in [5.74, 6) is 0.543. The summed E-state index contributed by atoms with van der Waals surface area (Å²) < 4.78 is 15.7. The molecule has 0 aromatic carbocycles. The quantitative estimate of drug-likeness (QED) is 0.696. The first-order chi connectivity index (χ1) is 5.10. The van der Waals surface area contributed by atoms with Gasteiger partial charge in [-0.1, -0.05) is 13.8 Å². The number of rotatable bonds is 5. The monoisotopic (exact) mass is 258 g/mol. The van der Waals surface area contributed by atoms with Crippen molar-refractivity contribution in [1.82, 2.24) is 0 Å². The molecule has 0 aromatic heterocycles. The van der Waals surface area contributed by atoms with Crippen LogP contribution in [0.4, 0.5) is 0 Å². The van der Waals surface area contributed by atoms with Crippen molar-refractivity contribution in [3.63, 3.8) is 0 Å². The van der Waals surface area contributed by atoms with E-state index in [4.69, 9.17) is 13.3 Å². The van der Waals surface area contributed by atoms with E-state index < -0.39 is 8.80 Å². The van der Waals surface area contributed by atoms with Crippen molar-refractivity contribution in [2.24, 2.45) is 5.92 Å². The van der Waals surface area contributed by atoms with Gasteiger partial charge in [0.25, 0.3) is 0 Å². The van der Waals surface area contributed by atoms with Gasteiger partial charge in [0.05, 0.1) is 0 Å². The van der Waals surface area contributed by atoms with E-state index in [0.717, 1.165) is 6.04 Å². The summed E-state index contributed by atoms with van der Waals surface area (Å²) >= 11 is 0. The minimum atomic E-state index is -2.28. The molecule has 0 amide bonds. The van der Waals surface area contributed by atoms with E-state index >= 15 is 0 Å². The Kier molecular flexibility index (Phi) is 20.3. The molecular formula is C7H18O5SiTi. The molecule has 14 heavy (non-hydrogen) atoms. The number of hydrogen-bond acceptors (Lipinski definition) is 3. The predicted molar refractivity (Wildman–Crippen MR) is 47.8 cm³/mol. The summed E-state index contributed by atoms with van der Waals surface area (Å²) in [6, 6.07) is 0.872. The van der Waals surface area contributed by atoms with Crippen LogP contribution in [0.25, 0.3) is 0 Å². The van der Waals surface area contributed by atoms with E-state index in [1.807, 2.05) is 0 Å². The molecule has 0 heterocycles. The van der Waals surface area contributed by atoms with Crippen LogP contribution in [0.15, 0.2) is 0 Å².